The fraction of sp³-hybridized carbons (Fsp3) is 0.150. The van der Waals surface area contributed by atoms with Gasteiger partial charge in [-0.3, -0.25) is 19.1 Å². The molecule has 0 radical (unpaired) electrons. The lowest BCUT2D eigenvalue weighted by Gasteiger charge is -2.20. The van der Waals surface area contributed by atoms with Gasteiger partial charge in [0.15, 0.2) is 5.69 Å². The van der Waals surface area contributed by atoms with Crippen LogP contribution >= 0.6 is 0 Å². The van der Waals surface area contributed by atoms with Crippen LogP contribution in [0.2, 0.25) is 0 Å². The van der Waals surface area contributed by atoms with E-state index in [2.05, 4.69) is 4.98 Å². The van der Waals surface area contributed by atoms with E-state index in [0.29, 0.717) is 0 Å². The number of aromatic amines is 1. The van der Waals surface area contributed by atoms with E-state index < -0.39 is 37.6 Å². The summed E-state index contributed by atoms with van der Waals surface area (Å²) in [6.45, 7) is 0.0392. The van der Waals surface area contributed by atoms with Crippen LogP contribution in [-0.4, -0.2) is 36.7 Å². The molecule has 1 heterocycles. The van der Waals surface area contributed by atoms with Gasteiger partial charge in [-0.05, 0) is 29.8 Å². The molecule has 0 aliphatic carbocycles. The van der Waals surface area contributed by atoms with Crippen LogP contribution in [0, 0.1) is 0 Å². The lowest BCUT2D eigenvalue weighted by Crippen LogP contribution is -2.39. The Bertz CT molecular complexity index is 1370. The highest BCUT2D eigenvalue weighted by molar-refractivity contribution is 7.91. The first-order valence-electron chi connectivity index (χ1n) is 9.10. The molecule has 32 heavy (non-hydrogen) atoms. The molecule has 0 aliphatic rings. The van der Waals surface area contributed by atoms with Crippen molar-refractivity contribution in [1.29, 1.82) is 0 Å². The van der Waals surface area contributed by atoms with Crippen molar-refractivity contribution in [2.75, 3.05) is 17.7 Å². The van der Waals surface area contributed by atoms with Crippen LogP contribution in [0.3, 0.4) is 0 Å². The molecule has 12 heteroatoms. The molecule has 168 valence electrons. The predicted octanol–water partition coefficient (Wildman–Crippen LogP) is 1.44. The van der Waals surface area contributed by atoms with E-state index in [9.17, 15) is 31.6 Å². The third kappa shape index (κ3) is 4.30. The number of carbonyl (C=O) groups is 1. The molecule has 0 atom stereocenters. The highest BCUT2D eigenvalue weighted by Crippen LogP contribution is 2.21. The van der Waals surface area contributed by atoms with Crippen LogP contribution in [0.4, 0.5) is 20.3 Å². The maximum Gasteiger partial charge on any atom is 0.341 e. The molecule has 1 aromatic heterocycles. The predicted molar refractivity (Wildman–Crippen MR) is 114 cm³/mol. The number of nitrogens with one attached hydrogen (secondary N) is 1. The number of H-pyrrole nitrogens is 1. The van der Waals surface area contributed by atoms with Gasteiger partial charge in [-0.1, -0.05) is 30.3 Å². The second kappa shape index (κ2) is 8.75. The molecule has 3 N–H and O–H groups in total. The number of amides is 1. The summed E-state index contributed by atoms with van der Waals surface area (Å²) in [5, 5.41) is 0. The summed E-state index contributed by atoms with van der Waals surface area (Å²) < 4.78 is 49.5. The van der Waals surface area contributed by atoms with Gasteiger partial charge in [-0.15, -0.1) is 0 Å². The van der Waals surface area contributed by atoms with Crippen molar-refractivity contribution in [2.24, 2.45) is 0 Å². The summed E-state index contributed by atoms with van der Waals surface area (Å²) in [4.78, 5) is 39.9. The van der Waals surface area contributed by atoms with Gasteiger partial charge in [0, 0.05) is 12.6 Å². The number of benzene rings is 2. The highest BCUT2D eigenvalue weighted by Gasteiger charge is 2.27. The zero-order valence-electron chi connectivity index (χ0n) is 16.7. The zero-order chi connectivity index (χ0) is 23.6. The molecule has 0 fully saturated rings. The van der Waals surface area contributed by atoms with Crippen LogP contribution < -0.4 is 21.9 Å². The summed E-state index contributed by atoms with van der Waals surface area (Å²) >= 11 is 0. The molecule has 0 saturated heterocycles. The third-order valence-corrected chi connectivity index (χ3v) is 6.10. The Kier molecular flexibility index (Phi) is 6.25. The summed E-state index contributed by atoms with van der Waals surface area (Å²) in [6, 6.07) is 12.6. The van der Waals surface area contributed by atoms with E-state index >= 15 is 0 Å². The van der Waals surface area contributed by atoms with Gasteiger partial charge in [-0.2, -0.15) is 8.78 Å². The lowest BCUT2D eigenvalue weighted by atomic mass is 10.2. The summed E-state index contributed by atoms with van der Waals surface area (Å²) in [6.07, 6.45) is 0. The van der Waals surface area contributed by atoms with Crippen LogP contribution in [0.1, 0.15) is 15.9 Å². The molecule has 0 bridgehead atoms. The normalized spacial score (nSPS) is 11.5. The van der Waals surface area contributed by atoms with E-state index in [0.717, 1.165) is 39.3 Å². The van der Waals surface area contributed by atoms with E-state index in [1.165, 1.54) is 7.05 Å². The highest BCUT2D eigenvalue weighted by atomic mass is 32.2. The number of alkyl halides is 2. The molecular weight excluding hydrogens is 446 g/mol. The number of sulfone groups is 1. The fourth-order valence-corrected chi connectivity index (χ4v) is 3.73. The first-order chi connectivity index (χ1) is 15.0. The summed E-state index contributed by atoms with van der Waals surface area (Å²) in [5.41, 5.74) is 4.74. The molecule has 9 nitrogen and oxygen atoms in total. The number of aromatic nitrogens is 2. The molecule has 3 rings (SSSR count). The quantitative estimate of drug-likeness (QED) is 0.567. The zero-order valence-corrected chi connectivity index (χ0v) is 17.5. The molecule has 0 aliphatic heterocycles. The van der Waals surface area contributed by atoms with Crippen LogP contribution in [0.5, 0.6) is 0 Å². The number of hydrogen-bond donors (Lipinski definition) is 2. The minimum atomic E-state index is -4.82. The number of nitrogens with two attached hydrogens (primary N) is 1. The topological polar surface area (TPSA) is 135 Å². The van der Waals surface area contributed by atoms with Crippen molar-refractivity contribution in [3.63, 3.8) is 0 Å². The Morgan fingerprint density at radius 1 is 1.09 bits per heavy atom. The van der Waals surface area contributed by atoms with Crippen LogP contribution in [0.15, 0.2) is 69.1 Å². The van der Waals surface area contributed by atoms with E-state index in [1.54, 1.807) is 30.3 Å². The smallest absolute Gasteiger partial charge is 0.341 e. The van der Waals surface area contributed by atoms with Gasteiger partial charge in [0.05, 0.1) is 11.4 Å². The van der Waals surface area contributed by atoms with Gasteiger partial charge in [0.2, 0.25) is 9.84 Å². The fourth-order valence-electron chi connectivity index (χ4n) is 3.01. The number of rotatable bonds is 6. The van der Waals surface area contributed by atoms with Gasteiger partial charge < -0.3 is 10.6 Å². The average Bonchev–Trinajstić information content (AvgIpc) is 2.76. The molecule has 1 amide bonds. The first-order valence-corrected chi connectivity index (χ1v) is 10.7. The Labute approximate surface area is 180 Å². The minimum Gasteiger partial charge on any atom is -0.383 e. The number of nitrogens with zero attached hydrogens (tertiary/aromatic N) is 2. The van der Waals surface area contributed by atoms with Crippen LogP contribution in [-0.2, 0) is 16.4 Å². The molecule has 2 aromatic carbocycles. The standard InChI is InChI=1S/C20H18F2N4O5S/c1-25(18(28)13-7-9-14(10-8-13)32(30,31)19(21)22)15-16(23)26(20(29)24-17(15)27)11-12-5-3-2-4-6-12/h2-10,19H,11,23H2,1H3,(H,24,27,29). The summed E-state index contributed by atoms with van der Waals surface area (Å²) in [7, 11) is -3.58. The third-order valence-electron chi connectivity index (χ3n) is 4.70. The lowest BCUT2D eigenvalue weighted by molar-refractivity contribution is 0.0992. The Hall–Kier alpha value is -3.80. The number of carbonyl (C=O) groups excluding carboxylic acids is 1. The van der Waals surface area contributed by atoms with Crippen molar-refractivity contribution in [1.82, 2.24) is 9.55 Å². The second-order valence-electron chi connectivity index (χ2n) is 6.76. The number of nitrogen functional groups attached to an aromatic ring is 1. The number of anilines is 2. The van der Waals surface area contributed by atoms with Crippen molar-refractivity contribution < 1.29 is 22.0 Å². The van der Waals surface area contributed by atoms with Gasteiger partial charge in [-0.25, -0.2) is 13.2 Å². The monoisotopic (exact) mass is 464 g/mol. The van der Waals surface area contributed by atoms with Crippen molar-refractivity contribution in [3.05, 3.63) is 86.6 Å². The van der Waals surface area contributed by atoms with Gasteiger partial charge in [0.1, 0.15) is 5.82 Å². The number of hydrogen-bond acceptors (Lipinski definition) is 6. The van der Waals surface area contributed by atoms with Crippen molar-refractivity contribution >= 4 is 27.2 Å². The van der Waals surface area contributed by atoms with Crippen molar-refractivity contribution in [2.45, 2.75) is 17.2 Å². The second-order valence-corrected chi connectivity index (χ2v) is 8.68. The molecule has 0 spiro atoms. The maximum absolute atomic E-state index is 12.8. The van der Waals surface area contributed by atoms with E-state index in [4.69, 9.17) is 5.73 Å². The molecule has 0 saturated carbocycles. The SMILES string of the molecule is CN(C(=O)c1ccc(S(=O)(=O)C(F)F)cc1)c1c(N)n(Cc2ccccc2)c(=O)[nH]c1=O. The molecular formula is C20H18F2N4O5S. The summed E-state index contributed by atoms with van der Waals surface area (Å²) in [5.74, 6) is -4.63. The number of halogens is 2. The van der Waals surface area contributed by atoms with Crippen LogP contribution in [0.25, 0.3) is 0 Å². The average molecular weight is 464 g/mol. The molecule has 0 unspecified atom stereocenters. The first kappa shape index (κ1) is 22.9. The van der Waals surface area contributed by atoms with E-state index in [-0.39, 0.29) is 23.6 Å². The Morgan fingerprint density at radius 3 is 2.25 bits per heavy atom. The maximum atomic E-state index is 12.8. The minimum absolute atomic E-state index is 0.0392. The largest absolute Gasteiger partial charge is 0.383 e. The van der Waals surface area contributed by atoms with Crippen molar-refractivity contribution in [3.8, 4) is 0 Å². The Morgan fingerprint density at radius 2 is 1.69 bits per heavy atom. The Balaban J connectivity index is 1.97. The van der Waals surface area contributed by atoms with Gasteiger partial charge >= 0.3 is 11.4 Å². The van der Waals surface area contributed by atoms with Gasteiger partial charge in [0.25, 0.3) is 11.5 Å². The molecule has 3 aromatic rings. The van der Waals surface area contributed by atoms with E-state index in [1.807, 2.05) is 0 Å².